The molecule has 0 unspecified atom stereocenters. The van der Waals surface area contributed by atoms with Gasteiger partial charge in [-0.25, -0.2) is 0 Å². The van der Waals surface area contributed by atoms with Crippen molar-refractivity contribution >= 4 is 17.2 Å². The van der Waals surface area contributed by atoms with Gasteiger partial charge in [0.1, 0.15) is 0 Å². The first-order chi connectivity index (χ1) is 14.7. The minimum atomic E-state index is 0.168. The molecular formula is C23H27N5OS. The molecule has 2 saturated heterocycles. The highest BCUT2D eigenvalue weighted by Crippen LogP contribution is 2.45. The van der Waals surface area contributed by atoms with Gasteiger partial charge in [0.15, 0.2) is 0 Å². The Balaban J connectivity index is 1.32. The molecule has 7 heteroatoms. The van der Waals surface area contributed by atoms with E-state index in [0.717, 1.165) is 38.3 Å². The summed E-state index contributed by atoms with van der Waals surface area (Å²) in [7, 11) is 1.94. The molecule has 0 spiro atoms. The number of fused-ring (bicyclic) bond motifs is 1. The van der Waals surface area contributed by atoms with Gasteiger partial charge in [0.25, 0.3) is 0 Å². The summed E-state index contributed by atoms with van der Waals surface area (Å²) < 4.78 is 1.86. The Kier molecular flexibility index (Phi) is 5.39. The summed E-state index contributed by atoms with van der Waals surface area (Å²) in [6.45, 7) is 3.91. The SMILES string of the molecule is Cn1nccc1CCC(=O)N1C[C@@H]2CN(Cc3cncs3)C[C@@H]2[C@H]1c1ccccc1. The van der Waals surface area contributed by atoms with E-state index in [4.69, 9.17) is 0 Å². The van der Waals surface area contributed by atoms with E-state index in [1.807, 2.05) is 29.5 Å². The van der Waals surface area contributed by atoms with Crippen molar-refractivity contribution in [2.75, 3.05) is 19.6 Å². The second-order valence-electron chi connectivity index (χ2n) is 8.43. The zero-order valence-electron chi connectivity index (χ0n) is 17.2. The number of thiazole rings is 1. The van der Waals surface area contributed by atoms with E-state index in [9.17, 15) is 4.79 Å². The summed E-state index contributed by atoms with van der Waals surface area (Å²) in [5.74, 6) is 1.28. The number of likely N-dealkylation sites (tertiary alicyclic amines) is 2. The molecule has 2 fully saturated rings. The summed E-state index contributed by atoms with van der Waals surface area (Å²) >= 11 is 1.72. The van der Waals surface area contributed by atoms with Crippen molar-refractivity contribution in [3.63, 3.8) is 0 Å². The second-order valence-corrected chi connectivity index (χ2v) is 9.40. The molecule has 3 aromatic rings. The van der Waals surface area contributed by atoms with Gasteiger partial charge in [-0.15, -0.1) is 11.3 Å². The number of hydrogen-bond acceptors (Lipinski definition) is 5. The number of rotatable bonds is 6. The van der Waals surface area contributed by atoms with Gasteiger partial charge in [-0.1, -0.05) is 30.3 Å². The lowest BCUT2D eigenvalue weighted by atomic mass is 9.89. The van der Waals surface area contributed by atoms with E-state index in [2.05, 4.69) is 50.2 Å². The van der Waals surface area contributed by atoms with E-state index in [-0.39, 0.29) is 11.9 Å². The van der Waals surface area contributed by atoms with Gasteiger partial charge >= 0.3 is 0 Å². The molecule has 6 nitrogen and oxygen atoms in total. The molecule has 30 heavy (non-hydrogen) atoms. The number of hydrogen-bond donors (Lipinski definition) is 0. The van der Waals surface area contributed by atoms with Crippen molar-refractivity contribution in [2.24, 2.45) is 18.9 Å². The van der Waals surface area contributed by atoms with E-state index in [0.29, 0.717) is 18.3 Å². The first-order valence-corrected chi connectivity index (χ1v) is 11.5. The van der Waals surface area contributed by atoms with E-state index in [1.165, 1.54) is 10.4 Å². The predicted molar refractivity (Wildman–Crippen MR) is 117 cm³/mol. The Morgan fingerprint density at radius 1 is 1.17 bits per heavy atom. The van der Waals surface area contributed by atoms with Crippen LogP contribution in [0.3, 0.4) is 0 Å². The van der Waals surface area contributed by atoms with E-state index < -0.39 is 0 Å². The van der Waals surface area contributed by atoms with Crippen molar-refractivity contribution in [1.82, 2.24) is 24.6 Å². The third-order valence-electron chi connectivity index (χ3n) is 6.58. The minimum Gasteiger partial charge on any atom is -0.335 e. The number of amides is 1. The molecule has 2 aliphatic rings. The first-order valence-electron chi connectivity index (χ1n) is 10.6. The molecule has 4 heterocycles. The fourth-order valence-corrected chi connectivity index (χ4v) is 5.80. The van der Waals surface area contributed by atoms with Crippen LogP contribution in [-0.4, -0.2) is 50.1 Å². The molecule has 0 saturated carbocycles. The summed E-state index contributed by atoms with van der Waals surface area (Å²) in [5.41, 5.74) is 4.27. The number of benzene rings is 1. The molecular weight excluding hydrogens is 394 g/mol. The lowest BCUT2D eigenvalue weighted by Gasteiger charge is -2.30. The molecule has 0 N–H and O–H groups in total. The molecule has 1 aromatic carbocycles. The molecule has 3 atom stereocenters. The van der Waals surface area contributed by atoms with Gasteiger partial charge in [-0.05, 0) is 24.0 Å². The lowest BCUT2D eigenvalue weighted by molar-refractivity contribution is -0.132. The maximum Gasteiger partial charge on any atom is 0.223 e. The van der Waals surface area contributed by atoms with Crippen molar-refractivity contribution in [1.29, 1.82) is 0 Å². The quantitative estimate of drug-likeness (QED) is 0.614. The Morgan fingerprint density at radius 2 is 2.03 bits per heavy atom. The largest absolute Gasteiger partial charge is 0.335 e. The van der Waals surface area contributed by atoms with Crippen molar-refractivity contribution in [3.05, 3.63) is 70.4 Å². The predicted octanol–water partition coefficient (Wildman–Crippen LogP) is 3.14. The number of carbonyl (C=O) groups is 1. The molecule has 2 aromatic heterocycles. The molecule has 2 aliphatic heterocycles. The van der Waals surface area contributed by atoms with Gasteiger partial charge in [-0.3, -0.25) is 19.4 Å². The number of aromatic nitrogens is 3. The highest BCUT2D eigenvalue weighted by molar-refractivity contribution is 7.09. The second kappa shape index (κ2) is 8.32. The third kappa shape index (κ3) is 3.79. The Bertz CT molecular complexity index is 986. The summed E-state index contributed by atoms with van der Waals surface area (Å²) in [6, 6.07) is 12.8. The van der Waals surface area contributed by atoms with Crippen LogP contribution in [0.15, 0.2) is 54.3 Å². The summed E-state index contributed by atoms with van der Waals surface area (Å²) in [5, 5.41) is 4.22. The lowest BCUT2D eigenvalue weighted by Crippen LogP contribution is -2.35. The standard InChI is InChI=1S/C23H27N5OS/c1-26-19(9-10-25-26)7-8-22(29)28-13-18-12-27(14-20-11-24-16-30-20)15-21(18)23(28)17-5-3-2-4-6-17/h2-6,9-11,16,18,21,23H,7-8,12-15H2,1H3/t18-,21-,23+/m0/s1. The number of carbonyl (C=O) groups excluding carboxylic acids is 1. The van der Waals surface area contributed by atoms with Crippen molar-refractivity contribution in [3.8, 4) is 0 Å². The average Bonchev–Trinajstić information content (AvgIpc) is 3.52. The maximum atomic E-state index is 13.3. The molecule has 5 rings (SSSR count). The first kappa shape index (κ1) is 19.5. The normalized spacial score (nSPS) is 23.8. The van der Waals surface area contributed by atoms with Crippen LogP contribution in [0.25, 0.3) is 0 Å². The fourth-order valence-electron chi connectivity index (χ4n) is 5.17. The molecule has 0 bridgehead atoms. The number of nitrogens with zero attached hydrogens (tertiary/aromatic N) is 5. The van der Waals surface area contributed by atoms with Crippen LogP contribution in [0.4, 0.5) is 0 Å². The summed E-state index contributed by atoms with van der Waals surface area (Å²) in [4.78, 5) is 23.5. The van der Waals surface area contributed by atoms with Gasteiger partial charge in [0.05, 0.1) is 11.6 Å². The van der Waals surface area contributed by atoms with E-state index in [1.54, 1.807) is 17.5 Å². The van der Waals surface area contributed by atoms with Gasteiger partial charge in [-0.2, -0.15) is 5.10 Å². The Hall–Kier alpha value is -2.51. The molecule has 1 amide bonds. The van der Waals surface area contributed by atoms with Crippen LogP contribution in [0.1, 0.15) is 28.6 Å². The van der Waals surface area contributed by atoms with Gasteiger partial charge in [0, 0.05) is 68.5 Å². The van der Waals surface area contributed by atoms with Crippen LogP contribution in [0.2, 0.25) is 0 Å². The van der Waals surface area contributed by atoms with Crippen LogP contribution < -0.4 is 0 Å². The maximum absolute atomic E-state index is 13.3. The number of aryl methyl sites for hydroxylation is 2. The van der Waals surface area contributed by atoms with Crippen molar-refractivity contribution in [2.45, 2.75) is 25.4 Å². The van der Waals surface area contributed by atoms with Gasteiger partial charge in [0.2, 0.25) is 5.91 Å². The smallest absolute Gasteiger partial charge is 0.223 e. The summed E-state index contributed by atoms with van der Waals surface area (Å²) in [6.07, 6.45) is 5.04. The van der Waals surface area contributed by atoms with Crippen LogP contribution in [0, 0.1) is 11.8 Å². The zero-order valence-corrected chi connectivity index (χ0v) is 18.0. The van der Waals surface area contributed by atoms with Gasteiger partial charge < -0.3 is 4.90 Å². The fraction of sp³-hybridized carbons (Fsp3) is 0.435. The van der Waals surface area contributed by atoms with Crippen molar-refractivity contribution < 1.29 is 4.79 Å². The molecule has 0 aliphatic carbocycles. The van der Waals surface area contributed by atoms with Crippen LogP contribution >= 0.6 is 11.3 Å². The van der Waals surface area contributed by atoms with Crippen LogP contribution in [0.5, 0.6) is 0 Å². The highest BCUT2D eigenvalue weighted by Gasteiger charge is 2.48. The monoisotopic (exact) mass is 421 g/mol. The Morgan fingerprint density at radius 3 is 2.77 bits per heavy atom. The minimum absolute atomic E-state index is 0.168. The van der Waals surface area contributed by atoms with Crippen LogP contribution in [-0.2, 0) is 24.8 Å². The van der Waals surface area contributed by atoms with E-state index >= 15 is 0 Å². The highest BCUT2D eigenvalue weighted by atomic mass is 32.1. The zero-order chi connectivity index (χ0) is 20.5. The third-order valence-corrected chi connectivity index (χ3v) is 7.35. The average molecular weight is 422 g/mol. The Labute approximate surface area is 181 Å². The molecule has 156 valence electrons. The topological polar surface area (TPSA) is 54.3 Å². The molecule has 0 radical (unpaired) electrons.